The van der Waals surface area contributed by atoms with Gasteiger partial charge in [-0.1, -0.05) is 439 Å². The fourth-order valence-electron chi connectivity index (χ4n) is 14.2. The van der Waals surface area contributed by atoms with Crippen LogP contribution in [0, 0.1) is 5.92 Å². The Bertz CT molecular complexity index is 2070. The summed E-state index contributed by atoms with van der Waals surface area (Å²) >= 11 is 0. The molecule has 0 spiro atoms. The Morgan fingerprint density at radius 3 is 0.624 bits per heavy atom. The molecule has 0 aromatic heterocycles. The van der Waals surface area contributed by atoms with Gasteiger partial charge < -0.3 is 33.8 Å². The van der Waals surface area contributed by atoms with Crippen molar-refractivity contribution >= 4 is 39.5 Å². The molecule has 648 valence electrons. The van der Waals surface area contributed by atoms with Crippen molar-refractivity contribution in [2.24, 2.45) is 5.92 Å². The number of hydrogen-bond acceptors (Lipinski definition) is 15. The van der Waals surface area contributed by atoms with Crippen LogP contribution >= 0.6 is 15.6 Å². The van der Waals surface area contributed by atoms with Crippen molar-refractivity contribution in [2.75, 3.05) is 39.6 Å². The van der Waals surface area contributed by atoms with Gasteiger partial charge in [0, 0.05) is 25.7 Å². The zero-order valence-corrected chi connectivity index (χ0v) is 73.5. The fourth-order valence-corrected chi connectivity index (χ4v) is 15.8. The summed E-state index contributed by atoms with van der Waals surface area (Å²) < 4.78 is 69.0. The largest absolute Gasteiger partial charge is 0.472 e. The number of unbranched alkanes of at least 4 members (excludes halogenated alkanes) is 62. The molecule has 2 unspecified atom stereocenters. The second-order valence-corrected chi connectivity index (χ2v) is 35.7. The van der Waals surface area contributed by atoms with Crippen molar-refractivity contribution in [1.82, 2.24) is 0 Å². The lowest BCUT2D eigenvalue weighted by Crippen LogP contribution is -2.30. The van der Waals surface area contributed by atoms with E-state index < -0.39 is 97.5 Å². The third kappa shape index (κ3) is 83.8. The number of esters is 4. The van der Waals surface area contributed by atoms with Gasteiger partial charge >= 0.3 is 39.5 Å². The van der Waals surface area contributed by atoms with E-state index in [2.05, 4.69) is 34.6 Å². The summed E-state index contributed by atoms with van der Waals surface area (Å²) in [5.41, 5.74) is 0. The molecule has 0 radical (unpaired) electrons. The predicted octanol–water partition coefficient (Wildman–Crippen LogP) is 27.9. The quantitative estimate of drug-likeness (QED) is 0.0222. The van der Waals surface area contributed by atoms with E-state index in [9.17, 15) is 43.2 Å². The van der Waals surface area contributed by atoms with Crippen LogP contribution in [0.2, 0.25) is 0 Å². The summed E-state index contributed by atoms with van der Waals surface area (Å²) in [7, 11) is -9.93. The first-order valence-electron chi connectivity index (χ1n) is 46.6. The number of hydrogen-bond donors (Lipinski definition) is 3. The van der Waals surface area contributed by atoms with Gasteiger partial charge in [0.1, 0.15) is 19.3 Å². The van der Waals surface area contributed by atoms with Crippen molar-refractivity contribution in [1.29, 1.82) is 0 Å². The van der Waals surface area contributed by atoms with Crippen molar-refractivity contribution in [3.05, 3.63) is 0 Å². The van der Waals surface area contributed by atoms with Gasteiger partial charge in [0.2, 0.25) is 0 Å². The van der Waals surface area contributed by atoms with Crippen LogP contribution < -0.4 is 0 Å². The second kappa shape index (κ2) is 82.6. The molecule has 19 heteroatoms. The van der Waals surface area contributed by atoms with Crippen molar-refractivity contribution in [3.63, 3.8) is 0 Å². The molecule has 0 saturated carbocycles. The number of phosphoric acid groups is 2. The number of aliphatic hydroxyl groups excluding tert-OH is 1. The first-order valence-corrected chi connectivity index (χ1v) is 49.6. The Balaban J connectivity index is 5.23. The minimum absolute atomic E-state index is 0.109. The molecular formula is C90H176O17P2. The van der Waals surface area contributed by atoms with Crippen LogP contribution in [0.5, 0.6) is 0 Å². The highest BCUT2D eigenvalue weighted by molar-refractivity contribution is 7.47. The Labute approximate surface area is 670 Å². The van der Waals surface area contributed by atoms with E-state index in [1.807, 2.05) is 0 Å². The molecule has 5 atom stereocenters. The van der Waals surface area contributed by atoms with Crippen LogP contribution in [-0.4, -0.2) is 96.7 Å². The molecule has 0 aliphatic carbocycles. The maximum atomic E-state index is 13.2. The van der Waals surface area contributed by atoms with E-state index in [0.29, 0.717) is 25.7 Å². The van der Waals surface area contributed by atoms with E-state index in [1.165, 1.54) is 315 Å². The van der Waals surface area contributed by atoms with E-state index in [0.717, 1.165) is 95.8 Å². The molecule has 0 aromatic rings. The Morgan fingerprint density at radius 1 is 0.248 bits per heavy atom. The smallest absolute Gasteiger partial charge is 0.462 e. The Morgan fingerprint density at radius 2 is 0.422 bits per heavy atom. The van der Waals surface area contributed by atoms with E-state index in [4.69, 9.17) is 37.0 Å². The molecule has 17 nitrogen and oxygen atoms in total. The van der Waals surface area contributed by atoms with E-state index in [1.54, 1.807) is 0 Å². The summed E-state index contributed by atoms with van der Waals surface area (Å²) in [6.07, 6.45) is 77.8. The van der Waals surface area contributed by atoms with Crippen molar-refractivity contribution < 1.29 is 80.2 Å². The first kappa shape index (κ1) is 107. The fraction of sp³-hybridized carbons (Fsp3) is 0.956. The number of carbonyl (C=O) groups excluding carboxylic acids is 4. The molecule has 0 aliphatic heterocycles. The van der Waals surface area contributed by atoms with Gasteiger partial charge in [-0.3, -0.25) is 37.3 Å². The number of aliphatic hydroxyl groups is 1. The van der Waals surface area contributed by atoms with Crippen LogP contribution in [0.15, 0.2) is 0 Å². The normalized spacial score (nSPS) is 13.7. The third-order valence-electron chi connectivity index (χ3n) is 21.3. The lowest BCUT2D eigenvalue weighted by atomic mass is 10.0. The molecule has 0 heterocycles. The van der Waals surface area contributed by atoms with Gasteiger partial charge in [-0.2, -0.15) is 0 Å². The molecule has 0 amide bonds. The van der Waals surface area contributed by atoms with Crippen LogP contribution in [0.25, 0.3) is 0 Å². The number of ether oxygens (including phenoxy) is 4. The Kier molecular flexibility index (Phi) is 81.1. The third-order valence-corrected chi connectivity index (χ3v) is 23.2. The second-order valence-electron chi connectivity index (χ2n) is 32.8. The number of rotatable bonds is 90. The summed E-state index contributed by atoms with van der Waals surface area (Å²) in [6, 6.07) is 0. The summed E-state index contributed by atoms with van der Waals surface area (Å²) in [5.74, 6) is -1.27. The van der Waals surface area contributed by atoms with Gasteiger partial charge in [0.15, 0.2) is 12.2 Å². The standard InChI is InChI=1S/C90H176O17P2/c1-6-9-12-15-18-21-24-26-28-30-32-37-40-44-49-54-59-64-69-74-88(93)101-80-86(107-90(95)76-71-66-61-56-51-46-42-38-34-33-35-39-43-48-52-57-62-67-72-83(4)5)82-105-109(98,99)103-78-84(91)77-102-108(96,97)104-81-85(79-100-87(92)73-68-63-58-53-47-23-20-17-14-11-8-3)106-89(94)75-70-65-60-55-50-45-41-36-31-29-27-25-22-19-16-13-10-7-2/h83-86,91H,6-82H2,1-5H3,(H,96,97)(H,98,99)/t84-,85+,86+/m0/s1. The van der Waals surface area contributed by atoms with Crippen LogP contribution in [0.4, 0.5) is 0 Å². The number of carbonyl (C=O) groups is 4. The molecular weight excluding hydrogens is 1410 g/mol. The van der Waals surface area contributed by atoms with Crippen LogP contribution in [0.3, 0.4) is 0 Å². The molecule has 0 bridgehead atoms. The zero-order chi connectivity index (χ0) is 79.7. The SMILES string of the molecule is CCCCCCCCCCCCCCCCCCCCCC(=O)OC[C@H](COP(=O)(O)OC[C@@H](O)COP(=O)(O)OC[C@@H](COC(=O)CCCCCCCCCCCCC)OC(=O)CCCCCCCCCCCCCCCCCCCC)OC(=O)CCCCCCCCCCCCCCCCCCCCC(C)C. The number of phosphoric ester groups is 2. The van der Waals surface area contributed by atoms with Crippen molar-refractivity contribution in [3.8, 4) is 0 Å². The summed E-state index contributed by atoms with van der Waals surface area (Å²) in [6.45, 7) is 7.43. The van der Waals surface area contributed by atoms with Gasteiger partial charge in [-0.15, -0.1) is 0 Å². The highest BCUT2D eigenvalue weighted by Crippen LogP contribution is 2.45. The lowest BCUT2D eigenvalue weighted by molar-refractivity contribution is -0.161. The molecule has 0 aromatic carbocycles. The average Bonchev–Trinajstić information content (AvgIpc) is 0.901. The van der Waals surface area contributed by atoms with Gasteiger partial charge in [0.05, 0.1) is 26.4 Å². The molecule has 0 fully saturated rings. The predicted molar refractivity (Wildman–Crippen MR) is 451 cm³/mol. The van der Waals surface area contributed by atoms with Crippen LogP contribution in [-0.2, 0) is 65.4 Å². The van der Waals surface area contributed by atoms with Crippen LogP contribution in [0.1, 0.15) is 490 Å². The Hall–Kier alpha value is -1.94. The highest BCUT2D eigenvalue weighted by Gasteiger charge is 2.31. The van der Waals surface area contributed by atoms with Gasteiger partial charge in [-0.05, 0) is 31.6 Å². The molecule has 0 aliphatic rings. The molecule has 0 saturated heterocycles. The zero-order valence-electron chi connectivity index (χ0n) is 71.7. The summed E-state index contributed by atoms with van der Waals surface area (Å²) in [5, 5.41) is 10.7. The maximum Gasteiger partial charge on any atom is 0.472 e. The molecule has 109 heavy (non-hydrogen) atoms. The monoisotopic (exact) mass is 1590 g/mol. The first-order chi connectivity index (χ1) is 53.0. The topological polar surface area (TPSA) is 237 Å². The molecule has 3 N–H and O–H groups in total. The van der Waals surface area contributed by atoms with Gasteiger partial charge in [0.25, 0.3) is 0 Å². The lowest BCUT2D eigenvalue weighted by Gasteiger charge is -2.21. The van der Waals surface area contributed by atoms with E-state index in [-0.39, 0.29) is 25.7 Å². The minimum Gasteiger partial charge on any atom is -0.462 e. The highest BCUT2D eigenvalue weighted by atomic mass is 31.2. The molecule has 0 rings (SSSR count). The van der Waals surface area contributed by atoms with E-state index >= 15 is 0 Å². The minimum atomic E-state index is -4.97. The summed E-state index contributed by atoms with van der Waals surface area (Å²) in [4.78, 5) is 73.4. The van der Waals surface area contributed by atoms with Gasteiger partial charge in [-0.25, -0.2) is 9.13 Å². The average molecular weight is 1590 g/mol. The maximum absolute atomic E-state index is 13.2. The van der Waals surface area contributed by atoms with Crippen molar-refractivity contribution in [2.45, 2.75) is 509 Å².